The van der Waals surface area contributed by atoms with Crippen LogP contribution in [0, 0.1) is 0 Å². The monoisotopic (exact) mass is 545 g/mol. The van der Waals surface area contributed by atoms with Gasteiger partial charge in [0, 0.05) is 5.56 Å². The Morgan fingerprint density at radius 3 is 1.47 bits per heavy atom. The van der Waals surface area contributed by atoms with Crippen molar-refractivity contribution in [3.8, 4) is 0 Å². The average molecular weight is 546 g/mol. The standard InChI is InChI=1S/C23H19F4NO6S2/c1-2-34-21(29)22(24,17-13-15-18(16-14-17)23(25,26)27)28(35(30,31)19-9-5-3-6-10-19)36(32,33)20-11-7-4-8-12-20/h3-16H,2H2,1H3. The molecule has 0 saturated carbocycles. The number of hydrogen-bond donors (Lipinski definition) is 0. The quantitative estimate of drug-likeness (QED) is 0.235. The molecule has 3 aromatic rings. The summed E-state index contributed by atoms with van der Waals surface area (Å²) in [6.45, 7) is 0.766. The fourth-order valence-corrected chi connectivity index (χ4v) is 7.20. The topological polar surface area (TPSA) is 97.8 Å². The molecule has 0 saturated heterocycles. The van der Waals surface area contributed by atoms with Gasteiger partial charge in [0.1, 0.15) is 0 Å². The second-order valence-corrected chi connectivity index (χ2v) is 11.1. The summed E-state index contributed by atoms with van der Waals surface area (Å²) in [7, 11) is -10.7. The highest BCUT2D eigenvalue weighted by Gasteiger charge is 2.60. The van der Waals surface area contributed by atoms with Gasteiger partial charge in [0.15, 0.2) is 0 Å². The third-order valence-corrected chi connectivity index (χ3v) is 9.20. The maximum Gasteiger partial charge on any atom is 0.416 e. The van der Waals surface area contributed by atoms with Gasteiger partial charge in [0.05, 0.1) is 22.0 Å². The number of alkyl halides is 4. The van der Waals surface area contributed by atoms with Gasteiger partial charge in [-0.1, -0.05) is 48.5 Å². The van der Waals surface area contributed by atoms with Crippen LogP contribution in [0.3, 0.4) is 0 Å². The zero-order chi connectivity index (χ0) is 26.8. The van der Waals surface area contributed by atoms with E-state index >= 15 is 4.39 Å². The Morgan fingerprint density at radius 1 is 0.722 bits per heavy atom. The number of sulfonamides is 2. The maximum absolute atomic E-state index is 17.0. The van der Waals surface area contributed by atoms with Crippen molar-refractivity contribution in [3.05, 3.63) is 96.1 Å². The Bertz CT molecular complexity index is 1360. The first-order valence-corrected chi connectivity index (χ1v) is 13.1. The van der Waals surface area contributed by atoms with E-state index in [0.717, 1.165) is 24.3 Å². The number of carbonyl (C=O) groups excluding carboxylic acids is 1. The van der Waals surface area contributed by atoms with Crippen LogP contribution < -0.4 is 0 Å². The minimum atomic E-state index is -5.37. The molecule has 0 amide bonds. The average Bonchev–Trinajstić information content (AvgIpc) is 2.84. The number of benzene rings is 3. The number of ether oxygens (including phenoxy) is 1. The molecule has 0 aromatic heterocycles. The van der Waals surface area contributed by atoms with E-state index in [-0.39, 0.29) is 0 Å². The normalized spacial score (nSPS) is 14.3. The molecule has 36 heavy (non-hydrogen) atoms. The molecule has 0 aliphatic carbocycles. The lowest BCUT2D eigenvalue weighted by atomic mass is 10.0. The van der Waals surface area contributed by atoms with Crippen molar-refractivity contribution in [2.45, 2.75) is 28.7 Å². The van der Waals surface area contributed by atoms with Crippen molar-refractivity contribution in [1.82, 2.24) is 3.71 Å². The number of esters is 1. The van der Waals surface area contributed by atoms with E-state index < -0.39 is 69.2 Å². The predicted octanol–water partition coefficient (Wildman–Crippen LogP) is 4.47. The third kappa shape index (κ3) is 4.99. The predicted molar refractivity (Wildman–Crippen MR) is 120 cm³/mol. The smallest absolute Gasteiger partial charge is 0.416 e. The number of nitrogens with zero attached hydrogens (tertiary/aromatic N) is 1. The lowest BCUT2D eigenvalue weighted by Gasteiger charge is -2.34. The van der Waals surface area contributed by atoms with Crippen molar-refractivity contribution in [2.75, 3.05) is 6.61 Å². The molecule has 7 nitrogen and oxygen atoms in total. The van der Waals surface area contributed by atoms with E-state index in [1.165, 1.54) is 43.3 Å². The van der Waals surface area contributed by atoms with Gasteiger partial charge >= 0.3 is 17.9 Å². The summed E-state index contributed by atoms with van der Waals surface area (Å²) in [4.78, 5) is 11.6. The number of carbonyl (C=O) groups is 1. The number of halogens is 4. The van der Waals surface area contributed by atoms with E-state index in [1.807, 2.05) is 0 Å². The molecule has 1 atom stereocenters. The Kier molecular flexibility index (Phi) is 7.58. The number of hydrogen-bond acceptors (Lipinski definition) is 6. The van der Waals surface area contributed by atoms with Crippen LogP contribution >= 0.6 is 0 Å². The molecule has 1 unspecified atom stereocenters. The molecule has 0 fully saturated rings. The minimum Gasteiger partial charge on any atom is -0.462 e. The lowest BCUT2D eigenvalue weighted by Crippen LogP contribution is -2.54. The summed E-state index contributed by atoms with van der Waals surface area (Å²) < 4.78 is 115. The summed E-state index contributed by atoms with van der Waals surface area (Å²) in [5.41, 5.74) is -2.24. The molecule has 0 radical (unpaired) electrons. The lowest BCUT2D eigenvalue weighted by molar-refractivity contribution is -0.164. The van der Waals surface area contributed by atoms with Crippen LogP contribution in [-0.4, -0.2) is 33.1 Å². The third-order valence-electron chi connectivity index (χ3n) is 4.91. The summed E-state index contributed by atoms with van der Waals surface area (Å²) in [6, 6.07) is 13.4. The van der Waals surface area contributed by atoms with Crippen molar-refractivity contribution in [1.29, 1.82) is 0 Å². The van der Waals surface area contributed by atoms with Crippen LogP contribution in [0.4, 0.5) is 17.6 Å². The van der Waals surface area contributed by atoms with Gasteiger partial charge in [-0.15, -0.1) is 0 Å². The van der Waals surface area contributed by atoms with E-state index in [0.29, 0.717) is 24.3 Å². The molecule has 192 valence electrons. The highest BCUT2D eigenvalue weighted by Crippen LogP contribution is 2.42. The van der Waals surface area contributed by atoms with Gasteiger partial charge in [-0.25, -0.2) is 26.0 Å². The Balaban J connectivity index is 2.40. The Morgan fingerprint density at radius 2 is 1.11 bits per heavy atom. The van der Waals surface area contributed by atoms with Gasteiger partial charge in [-0.3, -0.25) is 0 Å². The molecular weight excluding hydrogens is 526 g/mol. The molecule has 3 rings (SSSR count). The van der Waals surface area contributed by atoms with Crippen molar-refractivity contribution < 1.29 is 43.9 Å². The van der Waals surface area contributed by atoms with E-state index in [2.05, 4.69) is 0 Å². The Hall–Kier alpha value is -3.29. The van der Waals surface area contributed by atoms with Crippen LogP contribution in [0.5, 0.6) is 0 Å². The molecule has 0 heterocycles. The summed E-state index contributed by atoms with van der Waals surface area (Å²) in [6.07, 6.45) is -4.84. The fourth-order valence-electron chi connectivity index (χ4n) is 3.24. The van der Waals surface area contributed by atoms with Gasteiger partial charge in [-0.2, -0.15) is 13.2 Å². The van der Waals surface area contributed by atoms with E-state index in [4.69, 9.17) is 4.74 Å². The largest absolute Gasteiger partial charge is 0.462 e. The SMILES string of the molecule is CCOC(=O)C(F)(c1ccc(C(F)(F)F)cc1)N(S(=O)(=O)c1ccccc1)S(=O)(=O)c1ccccc1. The van der Waals surface area contributed by atoms with Gasteiger partial charge in [-0.05, 0) is 47.0 Å². The first kappa shape index (κ1) is 27.3. The first-order valence-electron chi connectivity index (χ1n) is 10.2. The van der Waals surface area contributed by atoms with E-state index in [1.54, 1.807) is 0 Å². The van der Waals surface area contributed by atoms with Gasteiger partial charge in [0.2, 0.25) is 0 Å². The van der Waals surface area contributed by atoms with E-state index in [9.17, 15) is 34.8 Å². The van der Waals surface area contributed by atoms with Crippen LogP contribution in [0.2, 0.25) is 0 Å². The molecule has 0 bridgehead atoms. The van der Waals surface area contributed by atoms with Crippen LogP contribution in [-0.2, 0) is 41.5 Å². The van der Waals surface area contributed by atoms with Gasteiger partial charge in [0.25, 0.3) is 20.0 Å². The van der Waals surface area contributed by atoms with Crippen LogP contribution in [0.25, 0.3) is 0 Å². The summed E-state index contributed by atoms with van der Waals surface area (Å²) in [5.74, 6) is -6.06. The van der Waals surface area contributed by atoms with Crippen molar-refractivity contribution in [3.63, 3.8) is 0 Å². The van der Waals surface area contributed by atoms with Crippen LogP contribution in [0.1, 0.15) is 18.1 Å². The summed E-state index contributed by atoms with van der Waals surface area (Å²) >= 11 is 0. The second kappa shape index (κ2) is 9.99. The van der Waals surface area contributed by atoms with Crippen molar-refractivity contribution >= 4 is 26.0 Å². The van der Waals surface area contributed by atoms with Gasteiger partial charge < -0.3 is 4.74 Å². The highest BCUT2D eigenvalue weighted by atomic mass is 32.3. The zero-order valence-electron chi connectivity index (χ0n) is 18.5. The van der Waals surface area contributed by atoms with Crippen molar-refractivity contribution in [2.24, 2.45) is 0 Å². The highest BCUT2D eigenvalue weighted by molar-refractivity contribution is 8.04. The molecule has 3 aromatic carbocycles. The molecular formula is C23H19F4NO6S2. The maximum atomic E-state index is 17.0. The molecule has 0 spiro atoms. The molecule has 13 heteroatoms. The summed E-state index contributed by atoms with van der Waals surface area (Å²) in [5, 5.41) is 0. The Labute approximate surface area is 205 Å². The molecule has 0 N–H and O–H groups in total. The molecule has 0 aliphatic heterocycles. The second-order valence-electron chi connectivity index (χ2n) is 7.25. The fraction of sp³-hybridized carbons (Fsp3) is 0.174. The molecule has 0 aliphatic rings. The number of rotatable bonds is 8. The first-order chi connectivity index (χ1) is 16.8. The minimum absolute atomic E-state index is 0.394. The van der Waals surface area contributed by atoms with Crippen LogP contribution in [0.15, 0.2) is 94.7 Å². The zero-order valence-corrected chi connectivity index (χ0v) is 20.1.